The zero-order valence-corrected chi connectivity index (χ0v) is 12.7. The van der Waals surface area contributed by atoms with Crippen molar-refractivity contribution < 1.29 is 0 Å². The van der Waals surface area contributed by atoms with Gasteiger partial charge in [-0.25, -0.2) is 4.98 Å². The average Bonchev–Trinajstić information content (AvgIpc) is 2.87. The summed E-state index contributed by atoms with van der Waals surface area (Å²) in [7, 11) is 0. The SMILES string of the molecule is CCn1ncnc1CC(CN)Cc1ccc(Br)cc1. The molecule has 0 saturated heterocycles. The highest BCUT2D eigenvalue weighted by atomic mass is 79.9. The number of nitrogens with zero attached hydrogens (tertiary/aromatic N) is 3. The smallest absolute Gasteiger partial charge is 0.138 e. The largest absolute Gasteiger partial charge is 0.330 e. The van der Waals surface area contributed by atoms with Gasteiger partial charge in [0.15, 0.2) is 0 Å². The first-order valence-corrected chi connectivity index (χ1v) is 7.33. The average molecular weight is 323 g/mol. The normalized spacial score (nSPS) is 12.6. The molecule has 0 fully saturated rings. The minimum absolute atomic E-state index is 0.399. The highest BCUT2D eigenvalue weighted by molar-refractivity contribution is 9.10. The molecule has 5 heteroatoms. The first kappa shape index (κ1) is 14.2. The Kier molecular flexibility index (Phi) is 5.10. The van der Waals surface area contributed by atoms with E-state index in [0.29, 0.717) is 12.5 Å². The molecule has 0 aliphatic rings. The molecular weight excluding hydrogens is 304 g/mol. The molecular formula is C14H19BrN4. The van der Waals surface area contributed by atoms with Gasteiger partial charge in [0.1, 0.15) is 12.2 Å². The van der Waals surface area contributed by atoms with Gasteiger partial charge in [0, 0.05) is 17.4 Å². The van der Waals surface area contributed by atoms with E-state index in [2.05, 4.69) is 57.2 Å². The van der Waals surface area contributed by atoms with Crippen molar-refractivity contribution in [3.05, 3.63) is 46.5 Å². The molecule has 1 aromatic carbocycles. The molecule has 0 spiro atoms. The van der Waals surface area contributed by atoms with Crippen LogP contribution >= 0.6 is 15.9 Å². The number of aromatic nitrogens is 3. The molecule has 1 aromatic heterocycles. The predicted molar refractivity (Wildman–Crippen MR) is 79.8 cm³/mol. The molecule has 102 valence electrons. The predicted octanol–water partition coefficient (Wildman–Crippen LogP) is 2.42. The summed E-state index contributed by atoms with van der Waals surface area (Å²) in [6, 6.07) is 8.41. The molecule has 2 rings (SSSR count). The van der Waals surface area contributed by atoms with Crippen molar-refractivity contribution >= 4 is 15.9 Å². The van der Waals surface area contributed by atoms with Crippen LogP contribution in [0.15, 0.2) is 35.1 Å². The lowest BCUT2D eigenvalue weighted by Crippen LogP contribution is -2.21. The third kappa shape index (κ3) is 3.88. The third-order valence-corrected chi connectivity index (χ3v) is 3.77. The van der Waals surface area contributed by atoms with Crippen molar-refractivity contribution in [2.45, 2.75) is 26.3 Å². The zero-order chi connectivity index (χ0) is 13.7. The number of benzene rings is 1. The van der Waals surface area contributed by atoms with Crippen molar-refractivity contribution in [3.63, 3.8) is 0 Å². The van der Waals surface area contributed by atoms with Crippen molar-refractivity contribution in [1.29, 1.82) is 0 Å². The molecule has 1 atom stereocenters. The molecule has 1 unspecified atom stereocenters. The van der Waals surface area contributed by atoms with E-state index in [0.717, 1.165) is 29.7 Å². The Morgan fingerprint density at radius 3 is 2.63 bits per heavy atom. The fourth-order valence-corrected chi connectivity index (χ4v) is 2.43. The monoisotopic (exact) mass is 322 g/mol. The number of hydrogen-bond donors (Lipinski definition) is 1. The van der Waals surface area contributed by atoms with Gasteiger partial charge in [-0.2, -0.15) is 5.10 Å². The number of rotatable bonds is 6. The van der Waals surface area contributed by atoms with Crippen molar-refractivity contribution in [1.82, 2.24) is 14.8 Å². The quantitative estimate of drug-likeness (QED) is 0.888. The summed E-state index contributed by atoms with van der Waals surface area (Å²) in [5.74, 6) is 1.42. The number of aryl methyl sites for hydroxylation is 1. The van der Waals surface area contributed by atoms with Crippen LogP contribution in [0.3, 0.4) is 0 Å². The molecule has 0 amide bonds. The number of hydrogen-bond acceptors (Lipinski definition) is 3. The lowest BCUT2D eigenvalue weighted by atomic mass is 9.96. The van der Waals surface area contributed by atoms with Crippen LogP contribution in [0.5, 0.6) is 0 Å². The maximum Gasteiger partial charge on any atom is 0.138 e. The van der Waals surface area contributed by atoms with E-state index in [1.54, 1.807) is 6.33 Å². The van der Waals surface area contributed by atoms with Crippen LogP contribution in [0.2, 0.25) is 0 Å². The van der Waals surface area contributed by atoms with Crippen LogP contribution < -0.4 is 5.73 Å². The zero-order valence-electron chi connectivity index (χ0n) is 11.1. The van der Waals surface area contributed by atoms with Crippen LogP contribution in [0.1, 0.15) is 18.3 Å². The van der Waals surface area contributed by atoms with Gasteiger partial charge >= 0.3 is 0 Å². The minimum atomic E-state index is 0.399. The van der Waals surface area contributed by atoms with Gasteiger partial charge in [0.05, 0.1) is 0 Å². The Morgan fingerprint density at radius 1 is 1.26 bits per heavy atom. The summed E-state index contributed by atoms with van der Waals surface area (Å²) in [5.41, 5.74) is 7.20. The first-order valence-electron chi connectivity index (χ1n) is 6.54. The van der Waals surface area contributed by atoms with Gasteiger partial charge < -0.3 is 5.73 Å². The molecule has 0 aliphatic carbocycles. The van der Waals surface area contributed by atoms with Gasteiger partial charge in [-0.1, -0.05) is 28.1 Å². The summed E-state index contributed by atoms with van der Waals surface area (Å²) in [6.07, 6.45) is 3.47. The molecule has 19 heavy (non-hydrogen) atoms. The topological polar surface area (TPSA) is 56.7 Å². The van der Waals surface area contributed by atoms with Crippen LogP contribution in [0.25, 0.3) is 0 Å². The molecule has 0 aliphatic heterocycles. The lowest BCUT2D eigenvalue weighted by Gasteiger charge is -2.14. The molecule has 0 saturated carbocycles. The van der Waals surface area contributed by atoms with E-state index >= 15 is 0 Å². The van der Waals surface area contributed by atoms with Gasteiger partial charge in [-0.15, -0.1) is 0 Å². The number of nitrogens with two attached hydrogens (primary N) is 1. The summed E-state index contributed by atoms with van der Waals surface area (Å²) in [5, 5.41) is 4.20. The van der Waals surface area contributed by atoms with Crippen molar-refractivity contribution in [2.24, 2.45) is 11.7 Å². The molecule has 4 nitrogen and oxygen atoms in total. The fraction of sp³-hybridized carbons (Fsp3) is 0.429. The summed E-state index contributed by atoms with van der Waals surface area (Å²) in [6.45, 7) is 3.59. The minimum Gasteiger partial charge on any atom is -0.330 e. The van der Waals surface area contributed by atoms with E-state index in [-0.39, 0.29) is 0 Å². The molecule has 1 heterocycles. The third-order valence-electron chi connectivity index (χ3n) is 3.24. The Morgan fingerprint density at radius 2 is 2.00 bits per heavy atom. The summed E-state index contributed by atoms with van der Waals surface area (Å²) in [4.78, 5) is 4.32. The second kappa shape index (κ2) is 6.82. The fourth-order valence-electron chi connectivity index (χ4n) is 2.16. The van der Waals surface area contributed by atoms with Crippen LogP contribution in [-0.2, 0) is 19.4 Å². The second-order valence-electron chi connectivity index (χ2n) is 4.63. The van der Waals surface area contributed by atoms with Gasteiger partial charge in [0.25, 0.3) is 0 Å². The lowest BCUT2D eigenvalue weighted by molar-refractivity contribution is 0.492. The van der Waals surface area contributed by atoms with Crippen LogP contribution in [-0.4, -0.2) is 21.3 Å². The Balaban J connectivity index is 2.02. The maximum absolute atomic E-state index is 5.89. The van der Waals surface area contributed by atoms with Gasteiger partial charge in [0.2, 0.25) is 0 Å². The first-order chi connectivity index (χ1) is 9.22. The van der Waals surface area contributed by atoms with Crippen molar-refractivity contribution in [2.75, 3.05) is 6.54 Å². The van der Waals surface area contributed by atoms with E-state index in [1.807, 2.05) is 4.68 Å². The number of halogens is 1. The highest BCUT2D eigenvalue weighted by Gasteiger charge is 2.13. The standard InChI is InChI=1S/C14H19BrN4/c1-2-19-14(17-10-18-19)8-12(9-16)7-11-3-5-13(15)6-4-11/h3-6,10,12H,2,7-9,16H2,1H3. The molecule has 2 N–H and O–H groups in total. The van der Waals surface area contributed by atoms with E-state index in [1.165, 1.54) is 5.56 Å². The van der Waals surface area contributed by atoms with E-state index in [9.17, 15) is 0 Å². The maximum atomic E-state index is 5.89. The Labute approximate surface area is 122 Å². The second-order valence-corrected chi connectivity index (χ2v) is 5.54. The highest BCUT2D eigenvalue weighted by Crippen LogP contribution is 2.16. The summed E-state index contributed by atoms with van der Waals surface area (Å²) >= 11 is 3.45. The van der Waals surface area contributed by atoms with Gasteiger partial charge in [-0.3, -0.25) is 4.68 Å². The van der Waals surface area contributed by atoms with Crippen LogP contribution in [0, 0.1) is 5.92 Å². The van der Waals surface area contributed by atoms with Crippen LogP contribution in [0.4, 0.5) is 0 Å². The molecule has 0 bridgehead atoms. The Hall–Kier alpha value is -1.20. The molecule has 2 aromatic rings. The van der Waals surface area contributed by atoms with E-state index in [4.69, 9.17) is 5.73 Å². The Bertz CT molecular complexity index is 506. The summed E-state index contributed by atoms with van der Waals surface area (Å²) < 4.78 is 3.04. The van der Waals surface area contributed by atoms with Crippen molar-refractivity contribution in [3.8, 4) is 0 Å². The van der Waals surface area contributed by atoms with Gasteiger partial charge in [-0.05, 0) is 43.5 Å². The van der Waals surface area contributed by atoms with E-state index < -0.39 is 0 Å². The molecule has 0 radical (unpaired) electrons.